The largest absolute Gasteiger partial charge is 0.253 e. The number of benzene rings is 1. The highest BCUT2D eigenvalue weighted by molar-refractivity contribution is 7.89. The zero-order valence-electron chi connectivity index (χ0n) is 8.29. The Labute approximate surface area is 89.0 Å². The molecule has 0 aliphatic carbocycles. The molecule has 1 aromatic carbocycles. The number of rotatable bonds is 2. The molecule has 0 saturated carbocycles. The third-order valence-electron chi connectivity index (χ3n) is 2.16. The molecule has 0 saturated heterocycles. The van der Waals surface area contributed by atoms with E-state index in [1.54, 1.807) is 18.5 Å². The Hall–Kier alpha value is -1.55. The third kappa shape index (κ3) is 2.10. The Balaban J connectivity index is 2.46. The van der Waals surface area contributed by atoms with Gasteiger partial charge in [0, 0.05) is 18.0 Å². The third-order valence-corrected chi connectivity index (χ3v) is 3.15. The van der Waals surface area contributed by atoms with Gasteiger partial charge in [-0.25, -0.2) is 8.42 Å². The van der Waals surface area contributed by atoms with Crippen LogP contribution in [0.15, 0.2) is 48.8 Å². The van der Waals surface area contributed by atoms with Gasteiger partial charge in [-0.2, -0.15) is 0 Å². The minimum Gasteiger partial charge on any atom is -0.253 e. The summed E-state index contributed by atoms with van der Waals surface area (Å²) in [6.07, 6.45) is 4.35. The van der Waals surface area contributed by atoms with Crippen LogP contribution in [0, 0.1) is 0 Å². The van der Waals surface area contributed by atoms with E-state index in [0.29, 0.717) is 0 Å². The van der Waals surface area contributed by atoms with E-state index in [-0.39, 0.29) is 0 Å². The van der Waals surface area contributed by atoms with Crippen LogP contribution >= 0.6 is 0 Å². The molecule has 0 atom stereocenters. The van der Waals surface area contributed by atoms with Crippen LogP contribution in [0.4, 0.5) is 0 Å². The first-order chi connectivity index (χ1) is 7.07. The topological polar surface area (TPSA) is 39.1 Å². The molecular formula is C11H11NO2S. The fraction of sp³-hybridized carbons (Fsp3) is 0.0909. The molecule has 1 aromatic heterocycles. The van der Waals surface area contributed by atoms with E-state index in [1.165, 1.54) is 10.2 Å². The molecule has 0 aliphatic heterocycles. The van der Waals surface area contributed by atoms with Crippen LogP contribution in [0.3, 0.4) is 0 Å². The molecule has 0 radical (unpaired) electrons. The Morgan fingerprint density at radius 1 is 1.00 bits per heavy atom. The Kier molecular flexibility index (Phi) is 2.36. The number of hydrogen-bond acceptors (Lipinski definition) is 2. The van der Waals surface area contributed by atoms with Crippen molar-refractivity contribution in [2.75, 3.05) is 6.26 Å². The monoisotopic (exact) mass is 221 g/mol. The van der Waals surface area contributed by atoms with Gasteiger partial charge in [-0.15, -0.1) is 0 Å². The first-order valence-corrected chi connectivity index (χ1v) is 6.36. The van der Waals surface area contributed by atoms with Crippen molar-refractivity contribution in [3.63, 3.8) is 0 Å². The van der Waals surface area contributed by atoms with Gasteiger partial charge in [-0.3, -0.25) is 3.97 Å². The Morgan fingerprint density at radius 2 is 1.67 bits per heavy atom. The van der Waals surface area contributed by atoms with Gasteiger partial charge >= 0.3 is 0 Å². The van der Waals surface area contributed by atoms with E-state index in [4.69, 9.17) is 0 Å². The zero-order valence-corrected chi connectivity index (χ0v) is 9.11. The van der Waals surface area contributed by atoms with Crippen LogP contribution < -0.4 is 0 Å². The van der Waals surface area contributed by atoms with Crippen molar-refractivity contribution in [3.8, 4) is 11.1 Å². The highest BCUT2D eigenvalue weighted by Gasteiger charge is 2.06. The standard InChI is InChI=1S/C11H11NO2S/c1-15(13,14)12-8-7-11(9-12)10-5-3-2-4-6-10/h2-9H,1H3. The average molecular weight is 221 g/mol. The molecule has 0 fully saturated rings. The molecule has 0 aliphatic rings. The van der Waals surface area contributed by atoms with Crippen molar-refractivity contribution in [3.05, 3.63) is 48.8 Å². The quantitative estimate of drug-likeness (QED) is 0.777. The maximum absolute atomic E-state index is 11.2. The molecule has 3 nitrogen and oxygen atoms in total. The lowest BCUT2D eigenvalue weighted by atomic mass is 10.1. The number of nitrogens with zero attached hydrogens (tertiary/aromatic N) is 1. The van der Waals surface area contributed by atoms with E-state index in [2.05, 4.69) is 0 Å². The smallest absolute Gasteiger partial charge is 0.235 e. The Bertz CT molecular complexity index is 555. The van der Waals surface area contributed by atoms with Crippen LogP contribution in [0.5, 0.6) is 0 Å². The van der Waals surface area contributed by atoms with E-state index in [9.17, 15) is 8.42 Å². The maximum Gasteiger partial charge on any atom is 0.235 e. The number of hydrogen-bond donors (Lipinski definition) is 0. The summed E-state index contributed by atoms with van der Waals surface area (Å²) >= 11 is 0. The first kappa shape index (κ1) is 9.98. The van der Waals surface area contributed by atoms with E-state index in [0.717, 1.165) is 11.1 Å². The lowest BCUT2D eigenvalue weighted by molar-refractivity contribution is 0.593. The molecule has 0 spiro atoms. The lowest BCUT2D eigenvalue weighted by Crippen LogP contribution is -2.06. The average Bonchev–Trinajstić information content (AvgIpc) is 2.67. The molecule has 1 heterocycles. The van der Waals surface area contributed by atoms with Crippen molar-refractivity contribution in [1.29, 1.82) is 0 Å². The molecule has 0 N–H and O–H groups in total. The summed E-state index contributed by atoms with van der Waals surface area (Å²) in [5.74, 6) is 0. The van der Waals surface area contributed by atoms with Crippen molar-refractivity contribution in [2.45, 2.75) is 0 Å². The molecule has 0 unspecified atom stereocenters. The lowest BCUT2D eigenvalue weighted by Gasteiger charge is -1.97. The summed E-state index contributed by atoms with van der Waals surface area (Å²) < 4.78 is 23.7. The summed E-state index contributed by atoms with van der Waals surface area (Å²) in [6.45, 7) is 0. The summed E-state index contributed by atoms with van der Waals surface area (Å²) in [7, 11) is -3.17. The van der Waals surface area contributed by atoms with E-state index >= 15 is 0 Å². The van der Waals surface area contributed by atoms with Crippen LogP contribution in [0.25, 0.3) is 11.1 Å². The summed E-state index contributed by atoms with van der Waals surface area (Å²) in [5.41, 5.74) is 1.92. The van der Waals surface area contributed by atoms with Crippen molar-refractivity contribution < 1.29 is 8.42 Å². The van der Waals surface area contributed by atoms with Gasteiger partial charge in [0.05, 0.1) is 6.26 Å². The second-order valence-corrected chi connectivity index (χ2v) is 5.25. The van der Waals surface area contributed by atoms with Crippen molar-refractivity contribution in [2.24, 2.45) is 0 Å². The van der Waals surface area contributed by atoms with Crippen LogP contribution in [0.1, 0.15) is 0 Å². The summed E-state index contributed by atoms with van der Waals surface area (Å²) in [5, 5.41) is 0. The summed E-state index contributed by atoms with van der Waals surface area (Å²) in [6, 6.07) is 11.5. The van der Waals surface area contributed by atoms with Crippen molar-refractivity contribution in [1.82, 2.24) is 3.97 Å². The minimum atomic E-state index is -3.17. The van der Waals surface area contributed by atoms with Crippen molar-refractivity contribution >= 4 is 10.0 Å². The highest BCUT2D eigenvalue weighted by atomic mass is 32.2. The van der Waals surface area contributed by atoms with Gasteiger partial charge in [0.1, 0.15) is 0 Å². The van der Waals surface area contributed by atoms with Gasteiger partial charge in [0.2, 0.25) is 10.0 Å². The second kappa shape index (κ2) is 3.55. The molecule has 15 heavy (non-hydrogen) atoms. The second-order valence-electron chi connectivity index (χ2n) is 3.36. The predicted octanol–water partition coefficient (Wildman–Crippen LogP) is 1.96. The van der Waals surface area contributed by atoms with Crippen LogP contribution in [-0.2, 0) is 10.0 Å². The normalized spacial score (nSPS) is 11.5. The fourth-order valence-electron chi connectivity index (χ4n) is 1.38. The van der Waals surface area contributed by atoms with Crippen LogP contribution in [0.2, 0.25) is 0 Å². The first-order valence-electron chi connectivity index (χ1n) is 4.51. The van der Waals surface area contributed by atoms with Crippen LogP contribution in [-0.4, -0.2) is 18.6 Å². The molecule has 4 heteroatoms. The predicted molar refractivity (Wildman–Crippen MR) is 60.1 cm³/mol. The molecule has 0 amide bonds. The molecule has 2 aromatic rings. The Morgan fingerprint density at radius 3 is 2.20 bits per heavy atom. The number of aromatic nitrogens is 1. The van der Waals surface area contributed by atoms with Gasteiger partial charge in [-0.05, 0) is 11.6 Å². The van der Waals surface area contributed by atoms with Gasteiger partial charge in [0.25, 0.3) is 0 Å². The van der Waals surface area contributed by atoms with E-state index in [1.807, 2.05) is 30.3 Å². The zero-order chi connectivity index (χ0) is 10.9. The summed E-state index contributed by atoms with van der Waals surface area (Å²) in [4.78, 5) is 0. The fourth-order valence-corrected chi connectivity index (χ4v) is 1.97. The van der Waals surface area contributed by atoms with E-state index < -0.39 is 10.0 Å². The highest BCUT2D eigenvalue weighted by Crippen LogP contribution is 2.19. The SMILES string of the molecule is CS(=O)(=O)n1ccc(-c2ccccc2)c1. The van der Waals surface area contributed by atoms with Gasteiger partial charge in [0.15, 0.2) is 0 Å². The molecule has 78 valence electrons. The molecular weight excluding hydrogens is 210 g/mol. The molecule has 0 bridgehead atoms. The maximum atomic E-state index is 11.2. The van der Waals surface area contributed by atoms with Gasteiger partial charge < -0.3 is 0 Å². The molecule has 2 rings (SSSR count). The van der Waals surface area contributed by atoms with Gasteiger partial charge in [-0.1, -0.05) is 30.3 Å². The minimum absolute atomic E-state index is 0.904.